The number of amides is 3. The summed E-state index contributed by atoms with van der Waals surface area (Å²) in [6, 6.07) is 6.85. The first-order valence-electron chi connectivity index (χ1n) is 9.17. The van der Waals surface area contributed by atoms with Gasteiger partial charge in [-0.05, 0) is 37.6 Å². The Morgan fingerprint density at radius 3 is 2.26 bits per heavy atom. The lowest BCUT2D eigenvalue weighted by molar-refractivity contribution is -0.132. The highest BCUT2D eigenvalue weighted by atomic mass is 16.6. The van der Waals surface area contributed by atoms with Crippen LogP contribution in [0.4, 0.5) is 4.79 Å². The van der Waals surface area contributed by atoms with E-state index >= 15 is 0 Å². The van der Waals surface area contributed by atoms with Gasteiger partial charge in [-0.25, -0.2) is 4.79 Å². The van der Waals surface area contributed by atoms with Crippen molar-refractivity contribution in [2.75, 3.05) is 46.4 Å². The molecule has 1 saturated heterocycles. The van der Waals surface area contributed by atoms with E-state index in [9.17, 15) is 14.4 Å². The Kier molecular flexibility index (Phi) is 7.91. The number of piperazine rings is 1. The second-order valence-electron chi connectivity index (χ2n) is 6.15. The van der Waals surface area contributed by atoms with Crippen molar-refractivity contribution >= 4 is 17.9 Å². The van der Waals surface area contributed by atoms with Gasteiger partial charge in [0.2, 0.25) is 5.91 Å². The number of hydrogen-bond acceptors (Lipinski definition) is 5. The summed E-state index contributed by atoms with van der Waals surface area (Å²) in [6.45, 7) is 4.54. The molecule has 0 radical (unpaired) electrons. The first-order valence-corrected chi connectivity index (χ1v) is 9.17. The summed E-state index contributed by atoms with van der Waals surface area (Å²) in [4.78, 5) is 39.3. The molecule has 1 aromatic rings. The zero-order valence-electron chi connectivity index (χ0n) is 15.9. The van der Waals surface area contributed by atoms with Crippen molar-refractivity contribution < 1.29 is 23.9 Å². The molecule has 0 unspecified atom stereocenters. The monoisotopic (exact) mass is 377 g/mol. The fraction of sp³-hybridized carbons (Fsp3) is 0.526. The van der Waals surface area contributed by atoms with Crippen molar-refractivity contribution in [1.82, 2.24) is 15.1 Å². The molecule has 1 heterocycles. The van der Waals surface area contributed by atoms with E-state index in [4.69, 9.17) is 9.47 Å². The van der Waals surface area contributed by atoms with Crippen LogP contribution >= 0.6 is 0 Å². The minimum atomic E-state index is -0.328. The lowest BCUT2D eigenvalue weighted by Gasteiger charge is -2.34. The van der Waals surface area contributed by atoms with Crippen LogP contribution in [0, 0.1) is 0 Å². The van der Waals surface area contributed by atoms with E-state index in [0.29, 0.717) is 63.5 Å². The summed E-state index contributed by atoms with van der Waals surface area (Å²) in [5, 5.41) is 2.81. The van der Waals surface area contributed by atoms with Gasteiger partial charge in [-0.2, -0.15) is 0 Å². The third kappa shape index (κ3) is 6.16. The first kappa shape index (κ1) is 20.5. The van der Waals surface area contributed by atoms with Gasteiger partial charge in [0, 0.05) is 44.7 Å². The first-order chi connectivity index (χ1) is 13.0. The predicted molar refractivity (Wildman–Crippen MR) is 99.7 cm³/mol. The molecular weight excluding hydrogens is 350 g/mol. The van der Waals surface area contributed by atoms with Gasteiger partial charge in [0.25, 0.3) is 5.91 Å². The van der Waals surface area contributed by atoms with Crippen LogP contribution in [0.1, 0.15) is 30.1 Å². The summed E-state index contributed by atoms with van der Waals surface area (Å²) in [6.07, 6.45) is 0.604. The molecule has 0 bridgehead atoms. The molecule has 0 saturated carbocycles. The molecule has 2 rings (SSSR count). The Labute approximate surface area is 159 Å². The van der Waals surface area contributed by atoms with E-state index in [-0.39, 0.29) is 17.9 Å². The maximum absolute atomic E-state index is 12.3. The van der Waals surface area contributed by atoms with E-state index in [1.54, 1.807) is 48.1 Å². The van der Waals surface area contributed by atoms with Gasteiger partial charge >= 0.3 is 6.09 Å². The second kappa shape index (κ2) is 10.4. The van der Waals surface area contributed by atoms with Gasteiger partial charge in [-0.1, -0.05) is 0 Å². The summed E-state index contributed by atoms with van der Waals surface area (Å²) in [5.74, 6) is 0.561. The minimum Gasteiger partial charge on any atom is -0.497 e. The smallest absolute Gasteiger partial charge is 0.409 e. The number of nitrogens with zero attached hydrogens (tertiary/aromatic N) is 2. The highest BCUT2D eigenvalue weighted by Crippen LogP contribution is 2.11. The Balaban J connectivity index is 1.64. The predicted octanol–water partition coefficient (Wildman–Crippen LogP) is 1.51. The van der Waals surface area contributed by atoms with Gasteiger partial charge in [0.05, 0.1) is 13.7 Å². The molecule has 1 aromatic carbocycles. The number of nitrogens with one attached hydrogen (secondary N) is 1. The number of carbonyl (C=O) groups excluding carboxylic acids is 3. The normalized spacial score (nSPS) is 13.9. The summed E-state index contributed by atoms with van der Waals surface area (Å²) in [5.41, 5.74) is 0.553. The molecule has 0 aliphatic carbocycles. The molecule has 3 amide bonds. The number of benzene rings is 1. The highest BCUT2D eigenvalue weighted by molar-refractivity contribution is 5.94. The van der Waals surface area contributed by atoms with Crippen LogP contribution in [0.25, 0.3) is 0 Å². The number of hydrogen-bond donors (Lipinski definition) is 1. The van der Waals surface area contributed by atoms with Gasteiger partial charge in [0.15, 0.2) is 0 Å². The number of methoxy groups -OCH3 is 1. The molecule has 1 N–H and O–H groups in total. The number of ether oxygens (including phenoxy) is 2. The standard InChI is InChI=1S/C19H27N3O5/c1-3-27-19(25)22-13-11-21(12-14-22)17(23)5-4-10-20-18(24)15-6-8-16(26-2)9-7-15/h6-9H,3-5,10-14H2,1-2H3,(H,20,24). The van der Waals surface area contributed by atoms with Crippen LogP contribution in [-0.4, -0.2) is 74.1 Å². The molecule has 1 fully saturated rings. The maximum Gasteiger partial charge on any atom is 0.409 e. The van der Waals surface area contributed by atoms with Crippen LogP contribution in [-0.2, 0) is 9.53 Å². The van der Waals surface area contributed by atoms with E-state index < -0.39 is 0 Å². The fourth-order valence-corrected chi connectivity index (χ4v) is 2.80. The topological polar surface area (TPSA) is 88.2 Å². The van der Waals surface area contributed by atoms with E-state index in [1.807, 2.05) is 0 Å². The maximum atomic E-state index is 12.3. The van der Waals surface area contributed by atoms with Crippen molar-refractivity contribution in [1.29, 1.82) is 0 Å². The van der Waals surface area contributed by atoms with Gasteiger partial charge in [-0.3, -0.25) is 9.59 Å². The van der Waals surface area contributed by atoms with Crippen molar-refractivity contribution in [3.05, 3.63) is 29.8 Å². The van der Waals surface area contributed by atoms with Crippen molar-refractivity contribution in [3.8, 4) is 5.75 Å². The average molecular weight is 377 g/mol. The van der Waals surface area contributed by atoms with Gasteiger partial charge < -0.3 is 24.6 Å². The zero-order chi connectivity index (χ0) is 19.6. The number of rotatable bonds is 7. The van der Waals surface area contributed by atoms with Crippen molar-refractivity contribution in [2.45, 2.75) is 19.8 Å². The average Bonchev–Trinajstić information content (AvgIpc) is 2.71. The lowest BCUT2D eigenvalue weighted by atomic mass is 10.2. The third-order valence-corrected chi connectivity index (χ3v) is 4.36. The molecule has 0 aromatic heterocycles. The molecule has 1 aliphatic rings. The molecule has 1 aliphatic heterocycles. The lowest BCUT2D eigenvalue weighted by Crippen LogP contribution is -2.50. The molecule has 0 spiro atoms. The third-order valence-electron chi connectivity index (χ3n) is 4.36. The van der Waals surface area contributed by atoms with E-state index in [0.717, 1.165) is 0 Å². The van der Waals surface area contributed by atoms with Crippen LogP contribution in [0.2, 0.25) is 0 Å². The minimum absolute atomic E-state index is 0.0391. The summed E-state index contributed by atoms with van der Waals surface area (Å²) < 4.78 is 10.0. The zero-order valence-corrected chi connectivity index (χ0v) is 15.9. The molecule has 0 atom stereocenters. The quantitative estimate of drug-likeness (QED) is 0.728. The van der Waals surface area contributed by atoms with E-state index in [2.05, 4.69) is 5.32 Å². The Hall–Kier alpha value is -2.77. The van der Waals surface area contributed by atoms with Crippen LogP contribution < -0.4 is 10.1 Å². The van der Waals surface area contributed by atoms with E-state index in [1.165, 1.54) is 0 Å². The fourth-order valence-electron chi connectivity index (χ4n) is 2.80. The Morgan fingerprint density at radius 1 is 1.04 bits per heavy atom. The Bertz CT molecular complexity index is 639. The van der Waals surface area contributed by atoms with Crippen LogP contribution in [0.3, 0.4) is 0 Å². The summed E-state index contributed by atoms with van der Waals surface area (Å²) >= 11 is 0. The Morgan fingerprint density at radius 2 is 1.67 bits per heavy atom. The highest BCUT2D eigenvalue weighted by Gasteiger charge is 2.24. The molecular formula is C19H27N3O5. The SMILES string of the molecule is CCOC(=O)N1CCN(C(=O)CCCNC(=O)c2ccc(OC)cc2)CC1. The largest absolute Gasteiger partial charge is 0.497 e. The molecule has 148 valence electrons. The number of carbonyl (C=O) groups is 3. The van der Waals surface area contributed by atoms with Crippen LogP contribution in [0.15, 0.2) is 24.3 Å². The van der Waals surface area contributed by atoms with Crippen molar-refractivity contribution in [2.24, 2.45) is 0 Å². The van der Waals surface area contributed by atoms with Crippen molar-refractivity contribution in [3.63, 3.8) is 0 Å². The molecule has 27 heavy (non-hydrogen) atoms. The van der Waals surface area contributed by atoms with Crippen LogP contribution in [0.5, 0.6) is 5.75 Å². The van der Waals surface area contributed by atoms with Gasteiger partial charge in [0.1, 0.15) is 5.75 Å². The second-order valence-corrected chi connectivity index (χ2v) is 6.15. The molecule has 8 heteroatoms. The summed E-state index contributed by atoms with van der Waals surface area (Å²) in [7, 11) is 1.57. The van der Waals surface area contributed by atoms with Gasteiger partial charge in [-0.15, -0.1) is 0 Å². The molecule has 8 nitrogen and oxygen atoms in total.